The first kappa shape index (κ1) is 17.4. The lowest BCUT2D eigenvalue weighted by Crippen LogP contribution is -2.27. The largest absolute Gasteiger partial charge is 0.487 e. The van der Waals surface area contributed by atoms with E-state index in [1.165, 1.54) is 4.90 Å². The molecule has 1 saturated heterocycles. The van der Waals surface area contributed by atoms with Crippen molar-refractivity contribution in [2.24, 2.45) is 0 Å². The van der Waals surface area contributed by atoms with E-state index in [-0.39, 0.29) is 30.1 Å². The minimum Gasteiger partial charge on any atom is -0.487 e. The smallest absolute Gasteiger partial charge is 0.289 e. The number of ether oxygens (including phenoxy) is 1. The fourth-order valence-electron chi connectivity index (χ4n) is 2.65. The van der Waals surface area contributed by atoms with Crippen molar-refractivity contribution in [3.8, 4) is 17.2 Å². The Bertz CT molecular complexity index is 938. The third kappa shape index (κ3) is 4.03. The minimum atomic E-state index is -0.194. The molecular weight excluding hydrogens is 364 g/mol. The van der Waals surface area contributed by atoms with Gasteiger partial charge in [-0.15, -0.1) is 0 Å². The van der Waals surface area contributed by atoms with Gasteiger partial charge in [0.05, 0.1) is 12.3 Å². The predicted molar refractivity (Wildman–Crippen MR) is 101 cm³/mol. The Balaban J connectivity index is 1.35. The van der Waals surface area contributed by atoms with Crippen molar-refractivity contribution in [1.82, 2.24) is 9.88 Å². The molecule has 27 heavy (non-hydrogen) atoms. The summed E-state index contributed by atoms with van der Waals surface area (Å²) in [7, 11) is 0. The predicted octanol–water partition coefficient (Wildman–Crippen LogP) is 4.12. The molecule has 0 atom stereocenters. The van der Waals surface area contributed by atoms with Crippen LogP contribution in [0.2, 0.25) is 0 Å². The van der Waals surface area contributed by atoms with Crippen LogP contribution in [0.15, 0.2) is 65.3 Å². The van der Waals surface area contributed by atoms with Crippen molar-refractivity contribution in [2.45, 2.75) is 13.2 Å². The Kier molecular flexibility index (Phi) is 4.93. The van der Waals surface area contributed by atoms with E-state index in [2.05, 4.69) is 4.98 Å². The van der Waals surface area contributed by atoms with E-state index < -0.39 is 0 Å². The van der Waals surface area contributed by atoms with Crippen molar-refractivity contribution >= 4 is 22.9 Å². The molecule has 2 heterocycles. The van der Waals surface area contributed by atoms with Crippen LogP contribution in [-0.2, 0) is 17.9 Å². The highest BCUT2D eigenvalue weighted by Gasteiger charge is 2.29. The number of amides is 2. The Morgan fingerprint density at radius 1 is 1.07 bits per heavy atom. The summed E-state index contributed by atoms with van der Waals surface area (Å²) >= 11 is 1.04. The Morgan fingerprint density at radius 2 is 1.85 bits per heavy atom. The van der Waals surface area contributed by atoms with Gasteiger partial charge in [0.25, 0.3) is 5.24 Å². The van der Waals surface area contributed by atoms with Crippen LogP contribution >= 0.6 is 11.8 Å². The van der Waals surface area contributed by atoms with E-state index in [9.17, 15) is 9.59 Å². The van der Waals surface area contributed by atoms with Crippen molar-refractivity contribution in [1.29, 1.82) is 0 Å². The molecule has 2 amide bonds. The summed E-state index contributed by atoms with van der Waals surface area (Å²) in [6.45, 7) is 0.573. The van der Waals surface area contributed by atoms with Crippen LogP contribution in [0.5, 0.6) is 5.75 Å². The zero-order valence-electron chi connectivity index (χ0n) is 14.3. The summed E-state index contributed by atoms with van der Waals surface area (Å²) in [5.74, 6) is 1.31. The molecule has 0 saturated carbocycles. The van der Waals surface area contributed by atoms with E-state index in [1.807, 2.05) is 54.6 Å². The van der Waals surface area contributed by atoms with E-state index in [0.717, 1.165) is 22.9 Å². The molecule has 136 valence electrons. The lowest BCUT2D eigenvalue weighted by Gasteiger charge is -2.13. The number of nitrogens with zero attached hydrogens (tertiary/aromatic N) is 2. The van der Waals surface area contributed by atoms with Gasteiger partial charge < -0.3 is 9.15 Å². The van der Waals surface area contributed by atoms with Crippen LogP contribution in [0, 0.1) is 0 Å². The maximum absolute atomic E-state index is 11.7. The van der Waals surface area contributed by atoms with E-state index in [1.54, 1.807) is 6.26 Å². The highest BCUT2D eigenvalue weighted by atomic mass is 32.2. The summed E-state index contributed by atoms with van der Waals surface area (Å²) in [6, 6.07) is 17.0. The van der Waals surface area contributed by atoms with Crippen LogP contribution in [0.1, 0.15) is 11.3 Å². The molecule has 0 aliphatic carbocycles. The topological polar surface area (TPSA) is 72.6 Å². The second-order valence-electron chi connectivity index (χ2n) is 5.98. The molecule has 4 rings (SSSR count). The van der Waals surface area contributed by atoms with Crippen molar-refractivity contribution in [3.05, 3.63) is 72.1 Å². The number of oxazole rings is 1. The third-order valence-corrected chi connectivity index (χ3v) is 4.92. The van der Waals surface area contributed by atoms with E-state index in [0.29, 0.717) is 17.3 Å². The van der Waals surface area contributed by atoms with Gasteiger partial charge in [-0.25, -0.2) is 4.98 Å². The lowest BCUT2D eigenvalue weighted by molar-refractivity contribution is -0.125. The maximum atomic E-state index is 11.7. The van der Waals surface area contributed by atoms with Crippen molar-refractivity contribution in [3.63, 3.8) is 0 Å². The number of benzene rings is 2. The second-order valence-corrected chi connectivity index (χ2v) is 6.90. The Labute approximate surface area is 160 Å². The molecule has 2 aromatic carbocycles. The zero-order valence-corrected chi connectivity index (χ0v) is 15.1. The first-order valence-corrected chi connectivity index (χ1v) is 9.36. The fourth-order valence-corrected chi connectivity index (χ4v) is 3.38. The van der Waals surface area contributed by atoms with Crippen LogP contribution in [0.25, 0.3) is 11.5 Å². The lowest BCUT2D eigenvalue weighted by atomic mass is 10.2. The van der Waals surface area contributed by atoms with Gasteiger partial charge in [-0.2, -0.15) is 0 Å². The highest BCUT2D eigenvalue weighted by molar-refractivity contribution is 8.14. The second kappa shape index (κ2) is 7.67. The quantitative estimate of drug-likeness (QED) is 0.641. The Hall–Kier alpha value is -3.06. The fraction of sp³-hybridized carbons (Fsp3) is 0.150. The van der Waals surface area contributed by atoms with E-state index >= 15 is 0 Å². The van der Waals surface area contributed by atoms with Crippen molar-refractivity contribution < 1.29 is 18.7 Å². The number of hydrogen-bond acceptors (Lipinski definition) is 6. The number of rotatable bonds is 6. The third-order valence-electron chi connectivity index (χ3n) is 4.06. The molecule has 0 spiro atoms. The van der Waals surface area contributed by atoms with Gasteiger partial charge in [0.1, 0.15) is 24.3 Å². The number of thioether (sulfide) groups is 1. The number of aromatic nitrogens is 1. The minimum absolute atomic E-state index is 0.148. The molecule has 1 aromatic heterocycles. The highest BCUT2D eigenvalue weighted by Crippen LogP contribution is 2.23. The van der Waals surface area contributed by atoms with Gasteiger partial charge in [-0.05, 0) is 29.8 Å². The molecule has 1 aliphatic rings. The standard InChI is InChI=1S/C20H16N2O4S/c23-18-13-27-20(24)22(18)10-14-6-8-17(9-7-14)25-11-16-12-26-19(21-16)15-4-2-1-3-5-15/h1-9,12H,10-11,13H2. The van der Waals surface area contributed by atoms with Gasteiger partial charge >= 0.3 is 0 Å². The average Bonchev–Trinajstić information content (AvgIpc) is 3.30. The van der Waals surface area contributed by atoms with Crippen LogP contribution in [0.4, 0.5) is 4.79 Å². The zero-order chi connectivity index (χ0) is 18.6. The van der Waals surface area contributed by atoms with Gasteiger partial charge in [0.15, 0.2) is 0 Å². The molecule has 3 aromatic rings. The van der Waals surface area contributed by atoms with Crippen molar-refractivity contribution in [2.75, 3.05) is 5.75 Å². The number of imide groups is 1. The van der Waals surface area contributed by atoms with Gasteiger partial charge in [0.2, 0.25) is 11.8 Å². The number of carbonyl (C=O) groups excluding carboxylic acids is 2. The van der Waals surface area contributed by atoms with Crippen LogP contribution < -0.4 is 4.74 Å². The summed E-state index contributed by atoms with van der Waals surface area (Å²) in [5, 5.41) is -0.194. The summed E-state index contributed by atoms with van der Waals surface area (Å²) in [5.41, 5.74) is 2.49. The molecule has 6 nitrogen and oxygen atoms in total. The SMILES string of the molecule is O=C1CSC(=O)N1Cc1ccc(OCc2coc(-c3ccccc3)n2)cc1. The monoisotopic (exact) mass is 380 g/mol. The normalized spacial score (nSPS) is 14.0. The van der Waals surface area contributed by atoms with E-state index in [4.69, 9.17) is 9.15 Å². The molecular formula is C20H16N2O4S. The van der Waals surface area contributed by atoms with Gasteiger partial charge in [0, 0.05) is 5.56 Å². The van der Waals surface area contributed by atoms with Gasteiger partial charge in [-0.3, -0.25) is 14.5 Å². The molecule has 1 fully saturated rings. The molecule has 0 radical (unpaired) electrons. The van der Waals surface area contributed by atoms with Gasteiger partial charge in [-0.1, -0.05) is 42.1 Å². The summed E-state index contributed by atoms with van der Waals surface area (Å²) in [6.07, 6.45) is 1.58. The summed E-state index contributed by atoms with van der Waals surface area (Å²) < 4.78 is 11.2. The first-order valence-electron chi connectivity index (χ1n) is 8.38. The maximum Gasteiger partial charge on any atom is 0.289 e. The molecule has 0 bridgehead atoms. The molecule has 7 heteroatoms. The molecule has 1 aliphatic heterocycles. The molecule has 0 unspecified atom stereocenters. The van der Waals surface area contributed by atoms with Crippen LogP contribution in [0.3, 0.4) is 0 Å². The molecule has 0 N–H and O–H groups in total. The average molecular weight is 380 g/mol. The number of hydrogen-bond donors (Lipinski definition) is 0. The Morgan fingerprint density at radius 3 is 2.56 bits per heavy atom. The summed E-state index contributed by atoms with van der Waals surface area (Å²) in [4.78, 5) is 29.0. The number of carbonyl (C=O) groups is 2. The van der Waals surface area contributed by atoms with Crippen LogP contribution in [-0.4, -0.2) is 26.8 Å². The first-order chi connectivity index (χ1) is 13.2.